The van der Waals surface area contributed by atoms with Crippen LogP contribution in [0.25, 0.3) is 0 Å². The predicted octanol–water partition coefficient (Wildman–Crippen LogP) is 3.46. The third kappa shape index (κ3) is 3.11. The van der Waals surface area contributed by atoms with Crippen molar-refractivity contribution in [2.45, 2.75) is 18.9 Å². The fourth-order valence-corrected chi connectivity index (χ4v) is 2.09. The first-order valence-electron chi connectivity index (χ1n) is 6.44. The Hall–Kier alpha value is -2.01. The molecule has 0 radical (unpaired) electrons. The zero-order chi connectivity index (χ0) is 13.9. The van der Waals surface area contributed by atoms with E-state index in [9.17, 15) is 0 Å². The van der Waals surface area contributed by atoms with Gasteiger partial charge in [0.25, 0.3) is 0 Å². The highest BCUT2D eigenvalue weighted by atomic mass is 35.5. The van der Waals surface area contributed by atoms with Crippen LogP contribution in [0.5, 0.6) is 5.75 Å². The summed E-state index contributed by atoms with van der Waals surface area (Å²) in [5.74, 6) is 2.21. The SMILES string of the molecule is COc1ccc(Nc2cc(NC3CC3)ncn2)cc1Cl. The number of anilines is 3. The van der Waals surface area contributed by atoms with Crippen LogP contribution in [-0.4, -0.2) is 23.1 Å². The molecule has 1 aliphatic rings. The number of benzene rings is 1. The number of ether oxygens (including phenoxy) is 1. The number of nitrogens with one attached hydrogen (secondary N) is 2. The topological polar surface area (TPSA) is 59.1 Å². The highest BCUT2D eigenvalue weighted by Gasteiger charge is 2.21. The van der Waals surface area contributed by atoms with Crippen molar-refractivity contribution < 1.29 is 4.74 Å². The molecule has 1 aromatic carbocycles. The molecule has 20 heavy (non-hydrogen) atoms. The van der Waals surface area contributed by atoms with Gasteiger partial charge in [-0.3, -0.25) is 0 Å². The first-order valence-corrected chi connectivity index (χ1v) is 6.81. The van der Waals surface area contributed by atoms with Crippen LogP contribution in [0, 0.1) is 0 Å². The maximum absolute atomic E-state index is 6.09. The van der Waals surface area contributed by atoms with Crippen molar-refractivity contribution in [2.75, 3.05) is 17.7 Å². The van der Waals surface area contributed by atoms with Crippen molar-refractivity contribution in [3.05, 3.63) is 35.6 Å². The van der Waals surface area contributed by atoms with Gasteiger partial charge in [0.1, 0.15) is 23.7 Å². The molecule has 6 heteroatoms. The summed E-state index contributed by atoms with van der Waals surface area (Å²) in [4.78, 5) is 8.40. The lowest BCUT2D eigenvalue weighted by Gasteiger charge is -2.09. The predicted molar refractivity (Wildman–Crippen MR) is 80.0 cm³/mol. The van der Waals surface area contributed by atoms with Crippen LogP contribution in [0.2, 0.25) is 5.02 Å². The Morgan fingerprint density at radius 3 is 2.70 bits per heavy atom. The average molecular weight is 291 g/mol. The number of methoxy groups -OCH3 is 1. The molecular formula is C14H15ClN4O. The molecule has 1 heterocycles. The van der Waals surface area contributed by atoms with Crippen LogP contribution in [-0.2, 0) is 0 Å². The molecule has 1 saturated carbocycles. The van der Waals surface area contributed by atoms with Gasteiger partial charge >= 0.3 is 0 Å². The van der Waals surface area contributed by atoms with Crippen molar-refractivity contribution in [1.82, 2.24) is 9.97 Å². The molecule has 0 aliphatic heterocycles. The number of hydrogen-bond acceptors (Lipinski definition) is 5. The van der Waals surface area contributed by atoms with Crippen molar-refractivity contribution in [3.8, 4) is 5.75 Å². The molecule has 104 valence electrons. The third-order valence-electron chi connectivity index (χ3n) is 3.02. The molecule has 0 spiro atoms. The van der Waals surface area contributed by atoms with E-state index in [1.54, 1.807) is 13.2 Å². The molecule has 5 nitrogen and oxygen atoms in total. The van der Waals surface area contributed by atoms with E-state index in [4.69, 9.17) is 16.3 Å². The van der Waals surface area contributed by atoms with Crippen LogP contribution in [0.15, 0.2) is 30.6 Å². The molecule has 0 saturated heterocycles. The molecule has 1 aliphatic carbocycles. The zero-order valence-electron chi connectivity index (χ0n) is 11.1. The zero-order valence-corrected chi connectivity index (χ0v) is 11.8. The molecule has 0 bridgehead atoms. The van der Waals surface area contributed by atoms with Crippen LogP contribution >= 0.6 is 11.6 Å². The monoisotopic (exact) mass is 290 g/mol. The average Bonchev–Trinajstić information content (AvgIpc) is 3.23. The van der Waals surface area contributed by atoms with Crippen LogP contribution < -0.4 is 15.4 Å². The van der Waals surface area contributed by atoms with Gasteiger partial charge in [-0.1, -0.05) is 11.6 Å². The molecule has 3 rings (SSSR count). The fourth-order valence-electron chi connectivity index (χ4n) is 1.83. The van der Waals surface area contributed by atoms with Gasteiger partial charge in [-0.05, 0) is 31.0 Å². The summed E-state index contributed by atoms with van der Waals surface area (Å²) in [7, 11) is 1.59. The van der Waals surface area contributed by atoms with Crippen molar-refractivity contribution >= 4 is 28.9 Å². The van der Waals surface area contributed by atoms with E-state index in [2.05, 4.69) is 20.6 Å². The fraction of sp³-hybridized carbons (Fsp3) is 0.286. The van der Waals surface area contributed by atoms with E-state index in [0.29, 0.717) is 16.8 Å². The quantitative estimate of drug-likeness (QED) is 0.883. The van der Waals surface area contributed by atoms with E-state index in [-0.39, 0.29) is 0 Å². The van der Waals surface area contributed by atoms with Crippen LogP contribution in [0.4, 0.5) is 17.3 Å². The maximum Gasteiger partial charge on any atom is 0.137 e. The Morgan fingerprint density at radius 2 is 2.00 bits per heavy atom. The van der Waals surface area contributed by atoms with Crippen molar-refractivity contribution in [1.29, 1.82) is 0 Å². The maximum atomic E-state index is 6.09. The normalized spacial score (nSPS) is 13.9. The lowest BCUT2D eigenvalue weighted by Crippen LogP contribution is -2.04. The number of halogens is 1. The highest BCUT2D eigenvalue weighted by Crippen LogP contribution is 2.29. The second-order valence-electron chi connectivity index (χ2n) is 4.68. The van der Waals surface area contributed by atoms with Gasteiger partial charge in [-0.2, -0.15) is 0 Å². The number of nitrogens with zero attached hydrogens (tertiary/aromatic N) is 2. The van der Waals surface area contributed by atoms with Crippen LogP contribution in [0.3, 0.4) is 0 Å². The Kier molecular flexibility index (Phi) is 3.60. The molecule has 0 amide bonds. The first kappa shape index (κ1) is 13.0. The van der Waals surface area contributed by atoms with Gasteiger partial charge in [0, 0.05) is 17.8 Å². The summed E-state index contributed by atoms with van der Waals surface area (Å²) in [6.07, 6.45) is 3.96. The Labute approximate surface area is 122 Å². The van der Waals surface area contributed by atoms with Crippen molar-refractivity contribution in [2.24, 2.45) is 0 Å². The summed E-state index contributed by atoms with van der Waals surface area (Å²) in [5.41, 5.74) is 0.854. The van der Waals surface area contributed by atoms with Gasteiger partial charge in [-0.25, -0.2) is 9.97 Å². The lowest BCUT2D eigenvalue weighted by molar-refractivity contribution is 0.415. The summed E-state index contributed by atoms with van der Waals surface area (Å²) in [6.45, 7) is 0. The minimum atomic E-state index is 0.558. The Morgan fingerprint density at radius 1 is 1.20 bits per heavy atom. The molecule has 2 N–H and O–H groups in total. The molecule has 1 fully saturated rings. The number of rotatable bonds is 5. The third-order valence-corrected chi connectivity index (χ3v) is 3.32. The Balaban J connectivity index is 1.74. The minimum Gasteiger partial charge on any atom is -0.495 e. The van der Waals surface area contributed by atoms with E-state index in [1.165, 1.54) is 19.2 Å². The number of hydrogen-bond donors (Lipinski definition) is 2. The van der Waals surface area contributed by atoms with Gasteiger partial charge in [-0.15, -0.1) is 0 Å². The standard InChI is InChI=1S/C14H15ClN4O/c1-20-12-5-4-10(6-11(12)15)19-14-7-13(16-8-17-14)18-9-2-3-9/h4-9H,2-3H2,1H3,(H2,16,17,18,19). The summed E-state index contributed by atoms with van der Waals surface area (Å²) < 4.78 is 5.12. The van der Waals surface area contributed by atoms with E-state index in [1.807, 2.05) is 18.2 Å². The summed E-state index contributed by atoms with van der Waals surface area (Å²) >= 11 is 6.09. The molecule has 0 unspecified atom stereocenters. The molecular weight excluding hydrogens is 276 g/mol. The van der Waals surface area contributed by atoms with E-state index >= 15 is 0 Å². The van der Waals surface area contributed by atoms with E-state index in [0.717, 1.165) is 17.3 Å². The second kappa shape index (κ2) is 5.54. The Bertz CT molecular complexity index is 616. The minimum absolute atomic E-state index is 0.558. The summed E-state index contributed by atoms with van der Waals surface area (Å²) in [6, 6.07) is 7.95. The van der Waals surface area contributed by atoms with Gasteiger partial charge in [0.05, 0.1) is 12.1 Å². The molecule has 0 atom stereocenters. The van der Waals surface area contributed by atoms with Crippen molar-refractivity contribution in [3.63, 3.8) is 0 Å². The largest absolute Gasteiger partial charge is 0.495 e. The van der Waals surface area contributed by atoms with Crippen LogP contribution in [0.1, 0.15) is 12.8 Å². The summed E-state index contributed by atoms with van der Waals surface area (Å²) in [5, 5.41) is 7.09. The number of aromatic nitrogens is 2. The molecule has 1 aromatic heterocycles. The van der Waals surface area contributed by atoms with Gasteiger partial charge in [0.2, 0.25) is 0 Å². The first-order chi connectivity index (χ1) is 9.74. The van der Waals surface area contributed by atoms with Gasteiger partial charge < -0.3 is 15.4 Å². The van der Waals surface area contributed by atoms with Gasteiger partial charge in [0.15, 0.2) is 0 Å². The highest BCUT2D eigenvalue weighted by molar-refractivity contribution is 6.32. The smallest absolute Gasteiger partial charge is 0.137 e. The molecule has 2 aromatic rings. The second-order valence-corrected chi connectivity index (χ2v) is 5.09. The van der Waals surface area contributed by atoms with E-state index < -0.39 is 0 Å². The lowest BCUT2D eigenvalue weighted by atomic mass is 10.3.